The molecule has 35 heavy (non-hydrogen) atoms. The van der Waals surface area contributed by atoms with Gasteiger partial charge in [-0.05, 0) is 78.7 Å². The molecule has 4 rings (SSSR count). The first-order chi connectivity index (χ1) is 16.9. The molecule has 0 aliphatic rings. The first-order valence-corrected chi connectivity index (χ1v) is 11.6. The van der Waals surface area contributed by atoms with Crippen molar-refractivity contribution in [2.75, 3.05) is 19.5 Å². The number of amides is 1. The van der Waals surface area contributed by atoms with Crippen LogP contribution in [0.5, 0.6) is 11.5 Å². The van der Waals surface area contributed by atoms with Crippen LogP contribution in [-0.4, -0.2) is 24.7 Å². The fourth-order valence-electron chi connectivity index (χ4n) is 4.00. The molecule has 0 spiro atoms. The highest BCUT2D eigenvalue weighted by molar-refractivity contribution is 6.33. The van der Waals surface area contributed by atoms with Crippen molar-refractivity contribution in [1.82, 2.24) is 4.57 Å². The predicted octanol–water partition coefficient (Wildman–Crippen LogP) is 5.40. The number of pyridine rings is 1. The van der Waals surface area contributed by atoms with Crippen molar-refractivity contribution < 1.29 is 14.3 Å². The number of aromatic nitrogens is 1. The highest BCUT2D eigenvalue weighted by Crippen LogP contribution is 2.24. The Balaban J connectivity index is 1.65. The average Bonchev–Trinajstić information content (AvgIpc) is 2.86. The zero-order valence-corrected chi connectivity index (χ0v) is 20.7. The summed E-state index contributed by atoms with van der Waals surface area (Å²) in [6.45, 7) is 1.77. The van der Waals surface area contributed by atoms with Gasteiger partial charge in [-0.15, -0.1) is 0 Å². The first kappa shape index (κ1) is 24.4. The molecule has 0 bridgehead atoms. The molecule has 6 nitrogen and oxygen atoms in total. The number of anilines is 1. The number of rotatable bonds is 8. The van der Waals surface area contributed by atoms with Crippen LogP contribution in [0.15, 0.2) is 71.5 Å². The van der Waals surface area contributed by atoms with Crippen molar-refractivity contribution in [3.05, 3.63) is 98.8 Å². The molecule has 1 aromatic heterocycles. The maximum Gasteiger partial charge on any atom is 0.254 e. The Hall–Kier alpha value is -3.77. The van der Waals surface area contributed by atoms with E-state index in [-0.39, 0.29) is 18.0 Å². The van der Waals surface area contributed by atoms with Gasteiger partial charge < -0.3 is 14.8 Å². The van der Waals surface area contributed by atoms with E-state index in [0.29, 0.717) is 40.4 Å². The van der Waals surface area contributed by atoms with Gasteiger partial charge in [0.05, 0.1) is 30.4 Å². The van der Waals surface area contributed by atoms with Gasteiger partial charge in [0.1, 0.15) is 18.0 Å². The van der Waals surface area contributed by atoms with Crippen LogP contribution in [0.3, 0.4) is 0 Å². The highest BCUT2D eigenvalue weighted by atomic mass is 35.5. The molecule has 0 atom stereocenters. The second-order valence-corrected chi connectivity index (χ2v) is 8.77. The quantitative estimate of drug-likeness (QED) is 0.359. The van der Waals surface area contributed by atoms with Crippen LogP contribution in [0.1, 0.15) is 16.7 Å². The Morgan fingerprint density at radius 3 is 2.31 bits per heavy atom. The van der Waals surface area contributed by atoms with Crippen molar-refractivity contribution in [1.29, 1.82) is 0 Å². The number of benzene rings is 3. The highest BCUT2D eigenvalue weighted by Gasteiger charge is 2.15. The Labute approximate surface area is 209 Å². The second kappa shape index (κ2) is 10.7. The van der Waals surface area contributed by atoms with Crippen molar-refractivity contribution in [2.24, 2.45) is 0 Å². The van der Waals surface area contributed by atoms with E-state index >= 15 is 0 Å². The monoisotopic (exact) mass is 490 g/mol. The van der Waals surface area contributed by atoms with Crippen LogP contribution in [-0.2, 0) is 24.2 Å². The zero-order valence-electron chi connectivity index (χ0n) is 19.9. The van der Waals surface area contributed by atoms with E-state index in [1.165, 1.54) is 4.57 Å². The molecule has 4 aromatic rings. The third-order valence-corrected chi connectivity index (χ3v) is 6.23. The molecule has 1 heterocycles. The van der Waals surface area contributed by atoms with Gasteiger partial charge in [-0.1, -0.05) is 29.8 Å². The Morgan fingerprint density at radius 2 is 1.63 bits per heavy atom. The summed E-state index contributed by atoms with van der Waals surface area (Å²) < 4.78 is 12.1. The molecule has 0 radical (unpaired) electrons. The summed E-state index contributed by atoms with van der Waals surface area (Å²) in [7, 11) is 3.20. The van der Waals surface area contributed by atoms with E-state index < -0.39 is 0 Å². The lowest BCUT2D eigenvalue weighted by Crippen LogP contribution is -2.30. The van der Waals surface area contributed by atoms with E-state index in [1.807, 2.05) is 55.5 Å². The molecule has 0 aliphatic carbocycles. The molecule has 0 fully saturated rings. The number of halogens is 1. The lowest BCUT2D eigenvalue weighted by atomic mass is 10.0. The molecule has 0 saturated carbocycles. The Bertz CT molecular complexity index is 1430. The van der Waals surface area contributed by atoms with E-state index in [4.69, 9.17) is 21.1 Å². The van der Waals surface area contributed by atoms with Gasteiger partial charge in [0.25, 0.3) is 5.56 Å². The fourth-order valence-corrected chi connectivity index (χ4v) is 4.28. The van der Waals surface area contributed by atoms with Crippen LogP contribution < -0.4 is 20.3 Å². The number of nitrogens with zero attached hydrogens (tertiary/aromatic N) is 1. The van der Waals surface area contributed by atoms with Crippen molar-refractivity contribution in [3.8, 4) is 11.5 Å². The lowest BCUT2D eigenvalue weighted by molar-refractivity contribution is -0.116. The summed E-state index contributed by atoms with van der Waals surface area (Å²) in [6, 6.07) is 20.6. The number of carbonyl (C=O) groups is 1. The van der Waals surface area contributed by atoms with Gasteiger partial charge in [0, 0.05) is 11.6 Å². The number of aryl methyl sites for hydroxylation is 3. The maximum atomic E-state index is 13.5. The van der Waals surface area contributed by atoms with Crippen LogP contribution in [0.4, 0.5) is 5.69 Å². The third kappa shape index (κ3) is 5.66. The number of ether oxygens (including phenoxy) is 2. The predicted molar refractivity (Wildman–Crippen MR) is 140 cm³/mol. The number of methoxy groups -OCH3 is 2. The number of hydrogen-bond acceptors (Lipinski definition) is 4. The molecule has 3 aromatic carbocycles. The van der Waals surface area contributed by atoms with Crippen molar-refractivity contribution in [3.63, 3.8) is 0 Å². The van der Waals surface area contributed by atoms with Crippen LogP contribution in [0.25, 0.3) is 10.9 Å². The first-order valence-electron chi connectivity index (χ1n) is 11.3. The van der Waals surface area contributed by atoms with Gasteiger partial charge in [0.2, 0.25) is 5.91 Å². The van der Waals surface area contributed by atoms with Crippen LogP contribution >= 0.6 is 11.6 Å². The fraction of sp³-hybridized carbons (Fsp3) is 0.214. The summed E-state index contributed by atoms with van der Waals surface area (Å²) in [6.07, 6.45) is 1.23. The smallest absolute Gasteiger partial charge is 0.254 e. The summed E-state index contributed by atoms with van der Waals surface area (Å²) in [5.41, 5.74) is 3.66. The largest absolute Gasteiger partial charge is 0.497 e. The minimum atomic E-state index is -0.339. The SMILES string of the molecule is COc1ccc(CCc2cc3ccc(OC)cc3n(CC(=O)Nc3ccc(C)cc3Cl)c2=O)cc1. The number of carbonyl (C=O) groups excluding carboxylic acids is 1. The van der Waals surface area contributed by atoms with Gasteiger partial charge in [0.15, 0.2) is 0 Å². The molecule has 1 amide bonds. The van der Waals surface area contributed by atoms with Crippen LogP contribution in [0.2, 0.25) is 5.02 Å². The van der Waals surface area contributed by atoms with E-state index in [9.17, 15) is 9.59 Å². The number of nitrogens with one attached hydrogen (secondary N) is 1. The summed E-state index contributed by atoms with van der Waals surface area (Å²) in [4.78, 5) is 26.4. The summed E-state index contributed by atoms with van der Waals surface area (Å²) in [5, 5.41) is 4.13. The van der Waals surface area contributed by atoms with Crippen molar-refractivity contribution >= 4 is 34.1 Å². The Morgan fingerprint density at radius 1 is 0.914 bits per heavy atom. The minimum Gasteiger partial charge on any atom is -0.497 e. The normalized spacial score (nSPS) is 10.9. The molecule has 0 unspecified atom stereocenters. The molecule has 180 valence electrons. The molecular weight excluding hydrogens is 464 g/mol. The van der Waals surface area contributed by atoms with Crippen molar-refractivity contribution in [2.45, 2.75) is 26.3 Å². The third-order valence-electron chi connectivity index (χ3n) is 5.92. The minimum absolute atomic E-state index is 0.150. The molecule has 7 heteroatoms. The van der Waals surface area contributed by atoms with Gasteiger partial charge in [-0.3, -0.25) is 14.2 Å². The Kier molecular flexibility index (Phi) is 7.42. The summed E-state index contributed by atoms with van der Waals surface area (Å²) >= 11 is 6.28. The van der Waals surface area contributed by atoms with Gasteiger partial charge in [-0.25, -0.2) is 0 Å². The zero-order chi connectivity index (χ0) is 24.9. The second-order valence-electron chi connectivity index (χ2n) is 8.37. The standard InChI is InChI=1S/C28H27ClN2O4/c1-18-4-13-25(24(29)14-18)30-27(32)17-31-26-16-23(35-3)12-9-20(26)15-21(28(31)33)8-5-19-6-10-22(34-2)11-7-19/h4,6-7,9-16H,5,8,17H2,1-3H3,(H,30,32). The topological polar surface area (TPSA) is 69.6 Å². The maximum absolute atomic E-state index is 13.5. The molecule has 0 aliphatic heterocycles. The molecule has 1 N–H and O–H groups in total. The average molecular weight is 491 g/mol. The van der Waals surface area contributed by atoms with Gasteiger partial charge in [-0.2, -0.15) is 0 Å². The number of hydrogen-bond donors (Lipinski definition) is 1. The van der Waals surface area contributed by atoms with E-state index in [2.05, 4.69) is 5.32 Å². The summed E-state index contributed by atoms with van der Waals surface area (Å²) in [5.74, 6) is 1.06. The van der Waals surface area contributed by atoms with Crippen LogP contribution in [0, 0.1) is 6.92 Å². The lowest BCUT2D eigenvalue weighted by Gasteiger charge is -2.15. The molecule has 0 saturated heterocycles. The van der Waals surface area contributed by atoms with E-state index in [0.717, 1.165) is 22.3 Å². The number of fused-ring (bicyclic) bond motifs is 1. The van der Waals surface area contributed by atoms with E-state index in [1.54, 1.807) is 32.4 Å². The van der Waals surface area contributed by atoms with Gasteiger partial charge >= 0.3 is 0 Å². The molecular formula is C28H27ClN2O4.